The molecular weight excluding hydrogens is 340 g/mol. The van der Waals surface area contributed by atoms with Crippen molar-refractivity contribution < 1.29 is 49.4 Å². The van der Waals surface area contributed by atoms with Crippen molar-refractivity contribution in [3.8, 4) is 0 Å². The van der Waals surface area contributed by atoms with Gasteiger partial charge in [0.25, 0.3) is 5.79 Å². The zero-order valence-electron chi connectivity index (χ0n) is 14.0. The maximum atomic E-state index is 11.6. The molecule has 0 aromatic heterocycles. The SMILES string of the molecule is CCC(O)C(OC(C)=O)C1OC(O)(C(=O)O)CC(O)C1CC(=O)CO. The van der Waals surface area contributed by atoms with E-state index in [-0.39, 0.29) is 6.42 Å². The molecule has 25 heavy (non-hydrogen) atoms. The Hall–Kier alpha value is -1.59. The first kappa shape index (κ1) is 21.5. The van der Waals surface area contributed by atoms with E-state index >= 15 is 0 Å². The van der Waals surface area contributed by atoms with Crippen molar-refractivity contribution in [2.45, 2.75) is 63.3 Å². The van der Waals surface area contributed by atoms with Gasteiger partial charge in [-0.2, -0.15) is 0 Å². The molecule has 1 fully saturated rings. The molecule has 0 saturated carbocycles. The highest BCUT2D eigenvalue weighted by Gasteiger charge is 2.54. The molecule has 10 heteroatoms. The lowest BCUT2D eigenvalue weighted by molar-refractivity contribution is -0.304. The minimum Gasteiger partial charge on any atom is -0.477 e. The number of carbonyl (C=O) groups excluding carboxylic acids is 2. The Bertz CT molecular complexity index is 507. The van der Waals surface area contributed by atoms with Gasteiger partial charge in [0.1, 0.15) is 12.7 Å². The topological polar surface area (TPSA) is 171 Å². The summed E-state index contributed by atoms with van der Waals surface area (Å²) in [6, 6.07) is 0. The summed E-state index contributed by atoms with van der Waals surface area (Å²) < 4.78 is 10.2. The van der Waals surface area contributed by atoms with E-state index in [0.29, 0.717) is 0 Å². The summed E-state index contributed by atoms with van der Waals surface area (Å²) in [5.74, 6) is -7.09. The Morgan fingerprint density at radius 1 is 1.36 bits per heavy atom. The molecule has 1 heterocycles. The zero-order chi connectivity index (χ0) is 19.4. The number of esters is 1. The maximum Gasteiger partial charge on any atom is 0.364 e. The first-order valence-corrected chi connectivity index (χ1v) is 7.85. The summed E-state index contributed by atoms with van der Waals surface area (Å²) in [6.45, 7) is 1.82. The van der Waals surface area contributed by atoms with E-state index in [1.807, 2.05) is 0 Å². The van der Waals surface area contributed by atoms with E-state index < -0.39 is 73.3 Å². The van der Waals surface area contributed by atoms with Gasteiger partial charge in [-0.1, -0.05) is 6.92 Å². The molecule has 0 aromatic rings. The predicted molar refractivity (Wildman–Crippen MR) is 80.1 cm³/mol. The van der Waals surface area contributed by atoms with Gasteiger partial charge in [0.2, 0.25) is 0 Å². The number of carbonyl (C=O) groups is 3. The Morgan fingerprint density at radius 3 is 2.40 bits per heavy atom. The second-order valence-corrected chi connectivity index (χ2v) is 6.06. The molecule has 10 nitrogen and oxygen atoms in total. The van der Waals surface area contributed by atoms with E-state index in [0.717, 1.165) is 6.92 Å². The second-order valence-electron chi connectivity index (χ2n) is 6.06. The van der Waals surface area contributed by atoms with E-state index in [1.54, 1.807) is 6.92 Å². The third-order valence-corrected chi connectivity index (χ3v) is 4.13. The molecule has 0 radical (unpaired) electrons. The van der Waals surface area contributed by atoms with Crippen molar-refractivity contribution in [3.05, 3.63) is 0 Å². The third kappa shape index (κ3) is 5.19. The third-order valence-electron chi connectivity index (χ3n) is 4.13. The van der Waals surface area contributed by atoms with Crippen LogP contribution in [0.2, 0.25) is 0 Å². The maximum absolute atomic E-state index is 11.6. The largest absolute Gasteiger partial charge is 0.477 e. The van der Waals surface area contributed by atoms with Gasteiger partial charge < -0.3 is 35.0 Å². The molecule has 0 aromatic carbocycles. The van der Waals surface area contributed by atoms with Crippen molar-refractivity contribution in [3.63, 3.8) is 0 Å². The standard InChI is InChI=1S/C15H24O10/c1-3-10(19)13(24-7(2)17)12-9(4-8(18)6-16)11(20)5-15(23,25-12)14(21)22/h9-13,16,19-20,23H,3-6H2,1-2H3,(H,21,22). The number of ether oxygens (including phenoxy) is 2. The highest BCUT2D eigenvalue weighted by atomic mass is 16.7. The van der Waals surface area contributed by atoms with Crippen LogP contribution in [0.4, 0.5) is 0 Å². The summed E-state index contributed by atoms with van der Waals surface area (Å²) in [7, 11) is 0. The molecule has 6 atom stereocenters. The number of rotatable bonds is 8. The van der Waals surface area contributed by atoms with Crippen LogP contribution in [-0.2, 0) is 23.9 Å². The summed E-state index contributed by atoms with van der Waals surface area (Å²) >= 11 is 0. The Labute approximate surface area is 144 Å². The number of aliphatic carboxylic acids is 1. The Morgan fingerprint density at radius 2 is 1.96 bits per heavy atom. The summed E-state index contributed by atoms with van der Waals surface area (Å²) in [5, 5.41) is 48.5. The molecule has 0 aliphatic carbocycles. The lowest BCUT2D eigenvalue weighted by Gasteiger charge is -2.45. The molecular formula is C15H24O10. The highest BCUT2D eigenvalue weighted by molar-refractivity contribution is 5.80. The van der Waals surface area contributed by atoms with Crippen LogP contribution in [0.15, 0.2) is 0 Å². The van der Waals surface area contributed by atoms with Gasteiger partial charge in [-0.3, -0.25) is 9.59 Å². The van der Waals surface area contributed by atoms with E-state index in [4.69, 9.17) is 19.7 Å². The van der Waals surface area contributed by atoms with E-state index in [2.05, 4.69) is 0 Å². The quantitative estimate of drug-likeness (QED) is 0.309. The summed E-state index contributed by atoms with van der Waals surface area (Å²) in [5.41, 5.74) is 0. The zero-order valence-corrected chi connectivity index (χ0v) is 14.0. The lowest BCUT2D eigenvalue weighted by Crippen LogP contribution is -2.61. The Balaban J connectivity index is 3.26. The number of carboxylic acid groups (broad SMARTS) is 1. The fraction of sp³-hybridized carbons (Fsp3) is 0.800. The van der Waals surface area contributed by atoms with Crippen LogP contribution < -0.4 is 0 Å². The van der Waals surface area contributed by atoms with Crippen molar-refractivity contribution >= 4 is 17.7 Å². The molecule has 1 saturated heterocycles. The monoisotopic (exact) mass is 364 g/mol. The van der Waals surface area contributed by atoms with E-state index in [1.165, 1.54) is 0 Å². The number of carboxylic acids is 1. The highest BCUT2D eigenvalue weighted by Crippen LogP contribution is 2.37. The molecule has 0 bridgehead atoms. The molecule has 6 unspecified atom stereocenters. The lowest BCUT2D eigenvalue weighted by atomic mass is 9.80. The average molecular weight is 364 g/mol. The van der Waals surface area contributed by atoms with Gasteiger partial charge in [-0.15, -0.1) is 0 Å². The van der Waals surface area contributed by atoms with Crippen molar-refractivity contribution in [1.82, 2.24) is 0 Å². The number of hydrogen-bond acceptors (Lipinski definition) is 9. The first-order chi connectivity index (χ1) is 11.6. The number of Topliss-reactive ketones (excluding diaryl/α,β-unsaturated/α-hetero) is 1. The van der Waals surface area contributed by atoms with Gasteiger partial charge in [0.05, 0.1) is 12.2 Å². The van der Waals surface area contributed by atoms with Crippen LogP contribution in [0.5, 0.6) is 0 Å². The number of aliphatic hydroxyl groups is 4. The molecule has 1 aliphatic heterocycles. The van der Waals surface area contributed by atoms with Gasteiger partial charge in [0, 0.05) is 25.7 Å². The van der Waals surface area contributed by atoms with Crippen molar-refractivity contribution in [2.75, 3.05) is 6.61 Å². The molecule has 144 valence electrons. The molecule has 0 spiro atoms. The van der Waals surface area contributed by atoms with Gasteiger partial charge >= 0.3 is 11.9 Å². The number of ketones is 1. The minimum absolute atomic E-state index is 0.0973. The smallest absolute Gasteiger partial charge is 0.364 e. The molecule has 1 aliphatic rings. The van der Waals surface area contributed by atoms with E-state index in [9.17, 15) is 29.7 Å². The van der Waals surface area contributed by atoms with Crippen LogP contribution in [0.1, 0.15) is 33.1 Å². The normalized spacial score (nSPS) is 31.8. The van der Waals surface area contributed by atoms with Gasteiger partial charge in [0.15, 0.2) is 11.9 Å². The predicted octanol–water partition coefficient (Wildman–Crippen LogP) is -1.82. The van der Waals surface area contributed by atoms with Gasteiger partial charge in [-0.05, 0) is 6.42 Å². The number of hydrogen-bond donors (Lipinski definition) is 5. The van der Waals surface area contributed by atoms with Crippen molar-refractivity contribution in [1.29, 1.82) is 0 Å². The molecule has 1 rings (SSSR count). The summed E-state index contributed by atoms with van der Waals surface area (Å²) in [6.07, 6.45) is -6.72. The van der Waals surface area contributed by atoms with Crippen LogP contribution >= 0.6 is 0 Å². The van der Waals surface area contributed by atoms with Gasteiger partial charge in [-0.25, -0.2) is 4.79 Å². The Kier molecular flexibility index (Phi) is 7.44. The second kappa shape index (κ2) is 8.68. The average Bonchev–Trinajstić information content (AvgIpc) is 2.53. The minimum atomic E-state index is -2.77. The van der Waals surface area contributed by atoms with Crippen LogP contribution in [0.3, 0.4) is 0 Å². The van der Waals surface area contributed by atoms with Crippen LogP contribution in [0, 0.1) is 5.92 Å². The van der Waals surface area contributed by atoms with Crippen LogP contribution in [0.25, 0.3) is 0 Å². The van der Waals surface area contributed by atoms with Crippen molar-refractivity contribution in [2.24, 2.45) is 5.92 Å². The summed E-state index contributed by atoms with van der Waals surface area (Å²) in [4.78, 5) is 34.2. The molecule has 0 amide bonds. The first-order valence-electron chi connectivity index (χ1n) is 7.85. The molecule has 5 N–H and O–H groups in total. The fourth-order valence-corrected chi connectivity index (χ4v) is 2.83. The number of aliphatic hydroxyl groups excluding tert-OH is 3. The van der Waals surface area contributed by atoms with Crippen LogP contribution in [-0.4, -0.2) is 80.1 Å². The fourth-order valence-electron chi connectivity index (χ4n) is 2.83.